The number of pyridine rings is 1. The van der Waals surface area contributed by atoms with Gasteiger partial charge in [-0.15, -0.1) is 0 Å². The summed E-state index contributed by atoms with van der Waals surface area (Å²) in [6.45, 7) is 5.66. The molecule has 2 saturated heterocycles. The molecule has 1 N–H and O–H groups in total. The third-order valence-electron chi connectivity index (χ3n) is 7.23. The van der Waals surface area contributed by atoms with Crippen molar-refractivity contribution in [1.82, 2.24) is 29.2 Å². The van der Waals surface area contributed by atoms with Gasteiger partial charge in [-0.1, -0.05) is 0 Å². The third kappa shape index (κ3) is 6.27. The summed E-state index contributed by atoms with van der Waals surface area (Å²) in [6, 6.07) is 6.60. The van der Waals surface area contributed by atoms with E-state index in [4.69, 9.17) is 4.98 Å². The molecule has 0 aromatic carbocycles. The maximum absolute atomic E-state index is 13.4. The summed E-state index contributed by atoms with van der Waals surface area (Å²) in [4.78, 5) is 27.2. The number of anilines is 2. The van der Waals surface area contributed by atoms with Crippen molar-refractivity contribution in [2.24, 2.45) is 5.92 Å². The Labute approximate surface area is 225 Å². The molecule has 1 amide bonds. The molecule has 0 aliphatic carbocycles. The lowest BCUT2D eigenvalue weighted by Gasteiger charge is -2.37. The number of nitrogens with one attached hydrogen (secondary N) is 1. The molecule has 5 rings (SSSR count). The average Bonchev–Trinajstić information content (AvgIpc) is 3.35. The van der Waals surface area contributed by atoms with Crippen LogP contribution in [0.5, 0.6) is 0 Å². The Morgan fingerprint density at radius 2 is 1.82 bits per heavy atom. The van der Waals surface area contributed by atoms with Crippen LogP contribution >= 0.6 is 0 Å². The van der Waals surface area contributed by atoms with Crippen LogP contribution < -0.4 is 14.5 Å². The average molecular weight is 563 g/mol. The number of alkyl halides is 2. The van der Waals surface area contributed by atoms with Crippen LogP contribution in [0.2, 0.25) is 0 Å². The van der Waals surface area contributed by atoms with Crippen LogP contribution in [0.4, 0.5) is 20.4 Å². The zero-order valence-electron chi connectivity index (χ0n) is 21.9. The first-order valence-corrected chi connectivity index (χ1v) is 14.8. The van der Waals surface area contributed by atoms with Gasteiger partial charge >= 0.3 is 0 Å². The van der Waals surface area contributed by atoms with E-state index in [1.165, 1.54) is 16.6 Å². The molecule has 0 spiro atoms. The normalized spacial score (nSPS) is 18.8. The number of amides is 1. The molecule has 39 heavy (non-hydrogen) atoms. The van der Waals surface area contributed by atoms with E-state index in [0.717, 1.165) is 31.2 Å². The van der Waals surface area contributed by atoms with Crippen LogP contribution in [0.25, 0.3) is 16.9 Å². The zero-order chi connectivity index (χ0) is 27.7. The van der Waals surface area contributed by atoms with E-state index in [0.29, 0.717) is 62.2 Å². The number of rotatable bonds is 7. The van der Waals surface area contributed by atoms with E-state index in [2.05, 4.69) is 24.6 Å². The lowest BCUT2D eigenvalue weighted by atomic mass is 9.98. The van der Waals surface area contributed by atoms with Crippen LogP contribution in [-0.2, 0) is 14.8 Å². The summed E-state index contributed by atoms with van der Waals surface area (Å²) in [7, 11) is -3.29. The van der Waals surface area contributed by atoms with Gasteiger partial charge < -0.3 is 14.7 Å². The van der Waals surface area contributed by atoms with Gasteiger partial charge in [-0.2, -0.15) is 5.10 Å². The van der Waals surface area contributed by atoms with Gasteiger partial charge in [-0.05, 0) is 43.0 Å². The van der Waals surface area contributed by atoms with Gasteiger partial charge in [-0.25, -0.2) is 36.4 Å². The Kier molecular flexibility index (Phi) is 7.67. The highest BCUT2D eigenvalue weighted by molar-refractivity contribution is 7.88. The summed E-state index contributed by atoms with van der Waals surface area (Å²) in [5.74, 6) is 1.57. The predicted molar refractivity (Wildman–Crippen MR) is 143 cm³/mol. The Bertz CT molecular complexity index is 1460. The monoisotopic (exact) mass is 562 g/mol. The minimum atomic E-state index is -3.29. The van der Waals surface area contributed by atoms with Crippen molar-refractivity contribution >= 4 is 33.2 Å². The van der Waals surface area contributed by atoms with Crippen LogP contribution in [0.15, 0.2) is 30.5 Å². The van der Waals surface area contributed by atoms with E-state index >= 15 is 0 Å². The van der Waals surface area contributed by atoms with Crippen molar-refractivity contribution in [1.29, 1.82) is 0 Å². The molecule has 2 aliphatic heterocycles. The summed E-state index contributed by atoms with van der Waals surface area (Å²) >= 11 is 0. The Morgan fingerprint density at radius 1 is 1.10 bits per heavy atom. The largest absolute Gasteiger partial charge is 0.356 e. The molecular weight excluding hydrogens is 530 g/mol. The molecule has 3 aromatic rings. The minimum absolute atomic E-state index is 0.0331. The molecule has 2 fully saturated rings. The molecule has 14 heteroatoms. The summed E-state index contributed by atoms with van der Waals surface area (Å²) in [5, 5.41) is 4.13. The lowest BCUT2D eigenvalue weighted by Crippen LogP contribution is -2.48. The fourth-order valence-corrected chi connectivity index (χ4v) is 5.67. The van der Waals surface area contributed by atoms with Crippen molar-refractivity contribution in [2.75, 3.05) is 61.9 Å². The molecule has 210 valence electrons. The highest BCUT2D eigenvalue weighted by atomic mass is 32.2. The van der Waals surface area contributed by atoms with Gasteiger partial charge in [0.25, 0.3) is 6.43 Å². The second-order valence-corrected chi connectivity index (χ2v) is 11.9. The number of halogens is 2. The quantitative estimate of drug-likeness (QED) is 0.466. The van der Waals surface area contributed by atoms with E-state index in [1.807, 2.05) is 12.1 Å². The number of hydrogen-bond acceptors (Lipinski definition) is 8. The summed E-state index contributed by atoms with van der Waals surface area (Å²) in [6.07, 6.45) is 1.83. The number of hydrogen-bond donors (Lipinski definition) is 1. The number of sulfonamides is 1. The topological polar surface area (TPSA) is 116 Å². The Morgan fingerprint density at radius 3 is 2.49 bits per heavy atom. The van der Waals surface area contributed by atoms with Crippen LogP contribution in [0.1, 0.15) is 31.9 Å². The van der Waals surface area contributed by atoms with Crippen molar-refractivity contribution in [2.45, 2.75) is 26.2 Å². The molecule has 0 saturated carbocycles. The van der Waals surface area contributed by atoms with Crippen molar-refractivity contribution in [3.05, 3.63) is 36.2 Å². The number of aromatic nitrogens is 4. The molecule has 0 bridgehead atoms. The first kappa shape index (κ1) is 27.2. The standard InChI is InChI=1S/C25H32F2N8O3S/c1-17(36)32-8-10-33(11-9-32)23-12-19(21-15-28-22-6-5-20(25(26)27)31-35(21)22)13-24(30-23)34-7-3-4-18(16-34)14-29-39(2,37)38/h5-6,12-13,15,18,25,29H,3-4,7-11,14,16H2,1-2H3. The van der Waals surface area contributed by atoms with Gasteiger partial charge in [0, 0.05) is 58.3 Å². The first-order valence-electron chi connectivity index (χ1n) is 12.9. The van der Waals surface area contributed by atoms with Gasteiger partial charge in [-0.3, -0.25) is 4.79 Å². The summed E-state index contributed by atoms with van der Waals surface area (Å²) in [5.41, 5.74) is 1.40. The highest BCUT2D eigenvalue weighted by Gasteiger charge is 2.26. The van der Waals surface area contributed by atoms with Gasteiger partial charge in [0.2, 0.25) is 15.9 Å². The molecule has 11 nitrogen and oxygen atoms in total. The second kappa shape index (κ2) is 11.0. The number of nitrogens with zero attached hydrogens (tertiary/aromatic N) is 7. The predicted octanol–water partition coefficient (Wildman–Crippen LogP) is 2.16. The molecule has 1 atom stereocenters. The van der Waals surface area contributed by atoms with Crippen molar-refractivity contribution in [3.63, 3.8) is 0 Å². The van der Waals surface area contributed by atoms with Crippen molar-refractivity contribution in [3.8, 4) is 11.3 Å². The molecule has 3 aromatic heterocycles. The van der Waals surface area contributed by atoms with Crippen LogP contribution in [-0.4, -0.2) is 90.9 Å². The number of piperazine rings is 1. The SMILES string of the molecule is CC(=O)N1CCN(c2cc(-c3cnc4ccc(C(F)F)nn34)cc(N3CCCC(CNS(C)(=O)=O)C3)n2)CC1. The van der Waals surface area contributed by atoms with Crippen LogP contribution in [0, 0.1) is 5.92 Å². The maximum Gasteiger partial charge on any atom is 0.282 e. The van der Waals surface area contributed by atoms with Gasteiger partial charge in [0.15, 0.2) is 5.65 Å². The fourth-order valence-electron chi connectivity index (χ4n) is 5.13. The number of imidazole rings is 1. The smallest absolute Gasteiger partial charge is 0.282 e. The number of piperidine rings is 1. The number of carbonyl (C=O) groups is 1. The fraction of sp³-hybridized carbons (Fsp3) is 0.520. The molecular formula is C25H32F2N8O3S. The van der Waals surface area contributed by atoms with E-state index in [-0.39, 0.29) is 17.5 Å². The number of fused-ring (bicyclic) bond motifs is 1. The van der Waals surface area contributed by atoms with Crippen LogP contribution in [0.3, 0.4) is 0 Å². The van der Waals surface area contributed by atoms with E-state index in [1.54, 1.807) is 18.0 Å². The summed E-state index contributed by atoms with van der Waals surface area (Å²) < 4.78 is 54.1. The maximum atomic E-state index is 13.4. The van der Waals surface area contributed by atoms with Gasteiger partial charge in [0.05, 0.1) is 18.1 Å². The first-order chi connectivity index (χ1) is 18.6. The molecule has 2 aliphatic rings. The van der Waals surface area contributed by atoms with E-state index < -0.39 is 16.4 Å². The van der Waals surface area contributed by atoms with Gasteiger partial charge in [0.1, 0.15) is 17.3 Å². The molecule has 5 heterocycles. The minimum Gasteiger partial charge on any atom is -0.356 e. The number of carbonyl (C=O) groups excluding carboxylic acids is 1. The molecule has 0 radical (unpaired) electrons. The Balaban J connectivity index is 1.51. The van der Waals surface area contributed by atoms with E-state index in [9.17, 15) is 22.0 Å². The van der Waals surface area contributed by atoms with Crippen molar-refractivity contribution < 1.29 is 22.0 Å². The Hall–Kier alpha value is -3.39. The second-order valence-electron chi connectivity index (χ2n) is 10.1. The highest BCUT2D eigenvalue weighted by Crippen LogP contribution is 2.31. The lowest BCUT2D eigenvalue weighted by molar-refractivity contribution is -0.129. The molecule has 1 unspecified atom stereocenters. The zero-order valence-corrected chi connectivity index (χ0v) is 22.7. The third-order valence-corrected chi connectivity index (χ3v) is 7.92.